The van der Waals surface area contributed by atoms with Gasteiger partial charge in [-0.05, 0) is 25.1 Å². The number of aromatic nitrogens is 3. The number of nitrogens with zero attached hydrogens (tertiary/aromatic N) is 3. The summed E-state index contributed by atoms with van der Waals surface area (Å²) in [7, 11) is 0. The molecule has 0 aliphatic carbocycles. The third-order valence-electron chi connectivity index (χ3n) is 3.41. The van der Waals surface area contributed by atoms with E-state index in [9.17, 15) is 9.18 Å². The molecule has 2 aromatic heterocycles. The van der Waals surface area contributed by atoms with Crippen molar-refractivity contribution < 1.29 is 13.7 Å². The number of carbonyl (C=O) groups excluding carboxylic acids is 1. The lowest BCUT2D eigenvalue weighted by Gasteiger charge is -2.16. The Labute approximate surface area is 137 Å². The number of amides is 1. The number of aryl methyl sites for hydroxylation is 2. The van der Waals surface area contributed by atoms with E-state index in [1.54, 1.807) is 50.2 Å². The molecule has 7 heteroatoms. The smallest absolute Gasteiger partial charge is 0.270 e. The number of hydrogen-bond donors (Lipinski definition) is 1. The van der Waals surface area contributed by atoms with Crippen molar-refractivity contribution in [1.29, 1.82) is 0 Å². The number of benzene rings is 1. The summed E-state index contributed by atoms with van der Waals surface area (Å²) in [6.45, 7) is 3.41. The fraction of sp³-hybridized carbons (Fsp3) is 0.176. The molecular weight excluding hydrogens is 311 g/mol. The van der Waals surface area contributed by atoms with E-state index in [1.165, 1.54) is 6.07 Å². The Hall–Kier alpha value is -3.09. The van der Waals surface area contributed by atoms with Crippen molar-refractivity contribution in [3.8, 4) is 0 Å². The van der Waals surface area contributed by atoms with Gasteiger partial charge in [-0.25, -0.2) is 9.37 Å². The summed E-state index contributed by atoms with van der Waals surface area (Å²) in [5.41, 5.74) is 1.19. The van der Waals surface area contributed by atoms with Crippen LogP contribution >= 0.6 is 0 Å². The monoisotopic (exact) mass is 326 g/mol. The van der Waals surface area contributed by atoms with Crippen LogP contribution in [0.15, 0.2) is 47.0 Å². The maximum absolute atomic E-state index is 14.2. The largest absolute Gasteiger partial charge is 0.340 e. The van der Waals surface area contributed by atoms with Gasteiger partial charge < -0.3 is 9.84 Å². The standard InChI is InChI=1S/C17H15FN4O2/c1-10-6-5-9-14(19-10)17(23)21-15(16-20-11(2)24-22-16)12-7-3-4-8-13(12)18/h3-9,15H,1-2H3,(H,21,23). The Balaban J connectivity index is 1.96. The first-order valence-electron chi connectivity index (χ1n) is 7.34. The molecule has 1 atom stereocenters. The molecular formula is C17H15FN4O2. The SMILES string of the molecule is Cc1cccc(C(=O)NC(c2noc(C)n2)c2ccccc2F)n1. The maximum atomic E-state index is 14.2. The van der Waals surface area contributed by atoms with E-state index in [4.69, 9.17) is 4.52 Å². The number of hydrogen-bond acceptors (Lipinski definition) is 5. The van der Waals surface area contributed by atoms with Gasteiger partial charge in [-0.1, -0.05) is 29.4 Å². The van der Waals surface area contributed by atoms with Crippen molar-refractivity contribution in [2.75, 3.05) is 0 Å². The third kappa shape index (κ3) is 3.29. The molecule has 1 aromatic carbocycles. The highest BCUT2D eigenvalue weighted by molar-refractivity contribution is 5.92. The molecule has 24 heavy (non-hydrogen) atoms. The van der Waals surface area contributed by atoms with Gasteiger partial charge in [0.25, 0.3) is 5.91 Å². The summed E-state index contributed by atoms with van der Waals surface area (Å²) >= 11 is 0. The molecule has 0 saturated carbocycles. The molecule has 6 nitrogen and oxygen atoms in total. The lowest BCUT2D eigenvalue weighted by molar-refractivity contribution is 0.0935. The first kappa shape index (κ1) is 15.8. The molecule has 3 rings (SSSR count). The molecule has 1 unspecified atom stereocenters. The second-order valence-electron chi connectivity index (χ2n) is 5.26. The highest BCUT2D eigenvalue weighted by Gasteiger charge is 2.25. The van der Waals surface area contributed by atoms with Crippen molar-refractivity contribution in [3.05, 3.63) is 76.9 Å². The van der Waals surface area contributed by atoms with Gasteiger partial charge >= 0.3 is 0 Å². The minimum absolute atomic E-state index is 0.179. The first-order valence-corrected chi connectivity index (χ1v) is 7.34. The van der Waals surface area contributed by atoms with Crippen LogP contribution in [0, 0.1) is 19.7 Å². The molecule has 0 saturated heterocycles. The minimum atomic E-state index is -0.876. The summed E-state index contributed by atoms with van der Waals surface area (Å²) in [6.07, 6.45) is 0. The Bertz CT molecular complexity index is 878. The molecule has 122 valence electrons. The number of rotatable bonds is 4. The molecule has 0 fully saturated rings. The van der Waals surface area contributed by atoms with Gasteiger partial charge in [0.2, 0.25) is 5.89 Å². The van der Waals surface area contributed by atoms with Crippen molar-refractivity contribution >= 4 is 5.91 Å². The summed E-state index contributed by atoms with van der Waals surface area (Å²) < 4.78 is 19.2. The molecule has 0 aliphatic heterocycles. The average molecular weight is 326 g/mol. The third-order valence-corrected chi connectivity index (χ3v) is 3.41. The van der Waals surface area contributed by atoms with E-state index < -0.39 is 17.8 Å². The van der Waals surface area contributed by atoms with E-state index >= 15 is 0 Å². The van der Waals surface area contributed by atoms with Gasteiger partial charge in [0.05, 0.1) is 0 Å². The predicted octanol–water partition coefficient (Wildman–Crippen LogP) is 2.74. The van der Waals surface area contributed by atoms with Crippen molar-refractivity contribution in [2.45, 2.75) is 19.9 Å². The fourth-order valence-electron chi connectivity index (χ4n) is 2.30. The highest BCUT2D eigenvalue weighted by Crippen LogP contribution is 2.22. The molecule has 1 N–H and O–H groups in total. The zero-order valence-corrected chi connectivity index (χ0v) is 13.2. The van der Waals surface area contributed by atoms with Crippen LogP contribution in [0.1, 0.15) is 39.5 Å². The van der Waals surface area contributed by atoms with Crippen LogP contribution in [-0.4, -0.2) is 21.0 Å². The van der Waals surface area contributed by atoms with E-state index in [0.29, 0.717) is 11.6 Å². The second-order valence-corrected chi connectivity index (χ2v) is 5.26. The summed E-state index contributed by atoms with van der Waals surface area (Å²) in [5, 5.41) is 6.53. The van der Waals surface area contributed by atoms with E-state index in [0.717, 1.165) is 0 Å². The van der Waals surface area contributed by atoms with Crippen molar-refractivity contribution in [3.63, 3.8) is 0 Å². The van der Waals surface area contributed by atoms with E-state index in [-0.39, 0.29) is 17.1 Å². The Morgan fingerprint density at radius 2 is 1.92 bits per heavy atom. The number of carbonyl (C=O) groups is 1. The maximum Gasteiger partial charge on any atom is 0.270 e. The molecule has 0 radical (unpaired) electrons. The van der Waals surface area contributed by atoms with Gasteiger partial charge in [-0.2, -0.15) is 4.98 Å². The number of pyridine rings is 1. The minimum Gasteiger partial charge on any atom is -0.340 e. The summed E-state index contributed by atoms with van der Waals surface area (Å²) in [5.74, 6) is -0.412. The van der Waals surface area contributed by atoms with Gasteiger partial charge in [-0.3, -0.25) is 4.79 Å². The van der Waals surface area contributed by atoms with Gasteiger partial charge in [-0.15, -0.1) is 0 Å². The summed E-state index contributed by atoms with van der Waals surface area (Å²) in [6, 6.07) is 10.3. The van der Waals surface area contributed by atoms with Gasteiger partial charge in [0.15, 0.2) is 5.82 Å². The highest BCUT2D eigenvalue weighted by atomic mass is 19.1. The predicted molar refractivity (Wildman–Crippen MR) is 83.7 cm³/mol. The molecule has 0 spiro atoms. The van der Waals surface area contributed by atoms with Crippen LogP contribution in [0.2, 0.25) is 0 Å². The van der Waals surface area contributed by atoms with Crippen molar-refractivity contribution in [2.24, 2.45) is 0 Å². The average Bonchev–Trinajstić information content (AvgIpc) is 2.99. The van der Waals surface area contributed by atoms with Gasteiger partial charge in [0.1, 0.15) is 17.6 Å². The molecule has 1 amide bonds. The second kappa shape index (κ2) is 6.57. The Morgan fingerprint density at radius 3 is 2.58 bits per heavy atom. The lowest BCUT2D eigenvalue weighted by atomic mass is 10.1. The Morgan fingerprint density at radius 1 is 1.12 bits per heavy atom. The molecule has 3 aromatic rings. The topological polar surface area (TPSA) is 80.9 Å². The van der Waals surface area contributed by atoms with E-state index in [2.05, 4.69) is 20.4 Å². The van der Waals surface area contributed by atoms with Crippen LogP contribution < -0.4 is 5.32 Å². The summed E-state index contributed by atoms with van der Waals surface area (Å²) in [4.78, 5) is 20.8. The number of nitrogens with one attached hydrogen (secondary N) is 1. The lowest BCUT2D eigenvalue weighted by Crippen LogP contribution is -2.31. The van der Waals surface area contributed by atoms with Crippen LogP contribution in [0.3, 0.4) is 0 Å². The van der Waals surface area contributed by atoms with Crippen LogP contribution in [0.5, 0.6) is 0 Å². The zero-order chi connectivity index (χ0) is 17.1. The fourth-order valence-corrected chi connectivity index (χ4v) is 2.30. The number of halogens is 1. The molecule has 2 heterocycles. The van der Waals surface area contributed by atoms with E-state index in [1.807, 2.05) is 0 Å². The first-order chi connectivity index (χ1) is 11.5. The Kier molecular flexibility index (Phi) is 4.33. The molecule has 0 bridgehead atoms. The molecule has 0 aliphatic rings. The van der Waals surface area contributed by atoms with Crippen LogP contribution in [-0.2, 0) is 0 Å². The quantitative estimate of drug-likeness (QED) is 0.797. The van der Waals surface area contributed by atoms with Crippen LogP contribution in [0.4, 0.5) is 4.39 Å². The van der Waals surface area contributed by atoms with Gasteiger partial charge in [0, 0.05) is 18.2 Å². The normalized spacial score (nSPS) is 12.0. The zero-order valence-electron chi connectivity index (χ0n) is 13.2. The van der Waals surface area contributed by atoms with Crippen LogP contribution in [0.25, 0.3) is 0 Å². The van der Waals surface area contributed by atoms with Crippen molar-refractivity contribution in [1.82, 2.24) is 20.4 Å².